The smallest absolute Gasteiger partial charge is 0.248 e. The molecule has 0 bridgehead atoms. The van der Waals surface area contributed by atoms with Crippen molar-refractivity contribution in [3.63, 3.8) is 0 Å². The molecule has 0 heterocycles. The van der Waals surface area contributed by atoms with Gasteiger partial charge in [-0.05, 0) is 50.1 Å². The molecule has 0 saturated heterocycles. The molecule has 0 aliphatic heterocycles. The standard InChI is InChI=1S/C20H22N2O4S/c1-2-26-19-9-4-3-6-15(19)10-13-20(23)21-17-7-5-8-18(14-17)27(24,25)22-16-11-12-16/h3-10,13-14,16,22H,2,11-12H2,1H3,(H,21,23)/b13-10+. The van der Waals surface area contributed by atoms with Gasteiger partial charge in [0, 0.05) is 23.4 Å². The van der Waals surface area contributed by atoms with Gasteiger partial charge >= 0.3 is 0 Å². The summed E-state index contributed by atoms with van der Waals surface area (Å²) in [5.41, 5.74) is 1.21. The fourth-order valence-corrected chi connectivity index (χ4v) is 3.83. The highest BCUT2D eigenvalue weighted by atomic mass is 32.2. The van der Waals surface area contributed by atoms with E-state index in [2.05, 4.69) is 10.0 Å². The Hall–Kier alpha value is -2.64. The molecule has 27 heavy (non-hydrogen) atoms. The number of anilines is 1. The van der Waals surface area contributed by atoms with E-state index in [9.17, 15) is 13.2 Å². The summed E-state index contributed by atoms with van der Waals surface area (Å²) in [5, 5.41) is 2.69. The van der Waals surface area contributed by atoms with Gasteiger partial charge in [0.2, 0.25) is 15.9 Å². The number of para-hydroxylation sites is 1. The van der Waals surface area contributed by atoms with Crippen molar-refractivity contribution >= 4 is 27.7 Å². The third-order valence-corrected chi connectivity index (χ3v) is 5.46. The van der Waals surface area contributed by atoms with Gasteiger partial charge in [-0.15, -0.1) is 0 Å². The van der Waals surface area contributed by atoms with Crippen LogP contribution in [0.1, 0.15) is 25.3 Å². The summed E-state index contributed by atoms with van der Waals surface area (Å²) >= 11 is 0. The van der Waals surface area contributed by atoms with Crippen molar-refractivity contribution in [2.24, 2.45) is 0 Å². The lowest BCUT2D eigenvalue weighted by atomic mass is 10.2. The predicted octanol–water partition coefficient (Wildman–Crippen LogP) is 3.18. The Morgan fingerprint density at radius 2 is 1.96 bits per heavy atom. The van der Waals surface area contributed by atoms with Gasteiger partial charge in [0.15, 0.2) is 0 Å². The van der Waals surface area contributed by atoms with Crippen molar-refractivity contribution in [2.75, 3.05) is 11.9 Å². The van der Waals surface area contributed by atoms with Gasteiger partial charge < -0.3 is 10.1 Å². The van der Waals surface area contributed by atoms with E-state index < -0.39 is 10.0 Å². The largest absolute Gasteiger partial charge is 0.493 e. The first-order valence-corrected chi connectivity index (χ1v) is 10.3. The zero-order chi connectivity index (χ0) is 19.3. The van der Waals surface area contributed by atoms with E-state index in [4.69, 9.17) is 4.74 Å². The molecule has 3 rings (SSSR count). The van der Waals surface area contributed by atoms with E-state index in [1.165, 1.54) is 18.2 Å². The quantitative estimate of drug-likeness (QED) is 0.683. The third kappa shape index (κ3) is 5.42. The number of amides is 1. The second kappa shape index (κ2) is 8.37. The van der Waals surface area contributed by atoms with Crippen LogP contribution in [0, 0.1) is 0 Å². The van der Waals surface area contributed by atoms with Gasteiger partial charge in [-0.2, -0.15) is 0 Å². The predicted molar refractivity (Wildman–Crippen MR) is 105 cm³/mol. The monoisotopic (exact) mass is 386 g/mol. The highest BCUT2D eigenvalue weighted by Gasteiger charge is 2.28. The van der Waals surface area contributed by atoms with Crippen LogP contribution in [-0.4, -0.2) is 27.0 Å². The summed E-state index contributed by atoms with van der Waals surface area (Å²) in [6, 6.07) is 13.7. The van der Waals surface area contributed by atoms with Crippen molar-refractivity contribution in [1.29, 1.82) is 0 Å². The molecule has 0 atom stereocenters. The molecule has 0 unspecified atom stereocenters. The van der Waals surface area contributed by atoms with Crippen LogP contribution in [0.4, 0.5) is 5.69 Å². The number of carbonyl (C=O) groups excluding carboxylic acids is 1. The molecule has 0 radical (unpaired) electrons. The number of benzene rings is 2. The number of carbonyl (C=O) groups is 1. The van der Waals surface area contributed by atoms with Gasteiger partial charge in [0.25, 0.3) is 0 Å². The minimum atomic E-state index is -3.56. The number of rotatable bonds is 8. The Balaban J connectivity index is 1.68. The van der Waals surface area contributed by atoms with Gasteiger partial charge in [-0.1, -0.05) is 24.3 Å². The van der Waals surface area contributed by atoms with Gasteiger partial charge in [0.1, 0.15) is 5.75 Å². The molecule has 142 valence electrons. The van der Waals surface area contributed by atoms with Crippen molar-refractivity contribution in [3.05, 3.63) is 60.2 Å². The number of hydrogen-bond acceptors (Lipinski definition) is 4. The lowest BCUT2D eigenvalue weighted by Gasteiger charge is -2.08. The van der Waals surface area contributed by atoms with E-state index in [0.717, 1.165) is 18.4 Å². The molecule has 1 saturated carbocycles. The van der Waals surface area contributed by atoms with E-state index in [1.54, 1.807) is 18.2 Å². The molecule has 2 aromatic rings. The topological polar surface area (TPSA) is 84.5 Å². The summed E-state index contributed by atoms with van der Waals surface area (Å²) in [4.78, 5) is 12.3. The molecule has 0 aromatic heterocycles. The number of ether oxygens (including phenoxy) is 1. The molecular formula is C20H22N2O4S. The molecule has 1 amide bonds. The van der Waals surface area contributed by atoms with E-state index in [-0.39, 0.29) is 16.8 Å². The maximum absolute atomic E-state index is 12.3. The van der Waals surface area contributed by atoms with Crippen LogP contribution in [0.15, 0.2) is 59.5 Å². The number of sulfonamides is 1. The number of hydrogen-bond donors (Lipinski definition) is 2. The molecule has 1 aliphatic rings. The van der Waals surface area contributed by atoms with Crippen molar-refractivity contribution in [2.45, 2.75) is 30.7 Å². The molecule has 6 nitrogen and oxygen atoms in total. The normalized spacial score (nSPS) is 14.3. The molecule has 2 N–H and O–H groups in total. The number of nitrogens with one attached hydrogen (secondary N) is 2. The Morgan fingerprint density at radius 1 is 1.19 bits per heavy atom. The van der Waals surface area contributed by atoms with Crippen LogP contribution in [0.25, 0.3) is 6.08 Å². The van der Waals surface area contributed by atoms with Crippen LogP contribution in [-0.2, 0) is 14.8 Å². The van der Waals surface area contributed by atoms with Crippen LogP contribution in [0.2, 0.25) is 0 Å². The van der Waals surface area contributed by atoms with Crippen molar-refractivity contribution in [1.82, 2.24) is 4.72 Å². The van der Waals surface area contributed by atoms with Crippen LogP contribution in [0.3, 0.4) is 0 Å². The highest BCUT2D eigenvalue weighted by Crippen LogP contribution is 2.23. The molecule has 2 aromatic carbocycles. The van der Waals surface area contributed by atoms with Gasteiger partial charge in [0.05, 0.1) is 11.5 Å². The lowest BCUT2D eigenvalue weighted by molar-refractivity contribution is -0.111. The van der Waals surface area contributed by atoms with Crippen molar-refractivity contribution < 1.29 is 17.9 Å². The molecule has 7 heteroatoms. The first-order chi connectivity index (χ1) is 13.0. The van der Waals surface area contributed by atoms with E-state index >= 15 is 0 Å². The fraction of sp³-hybridized carbons (Fsp3) is 0.250. The van der Waals surface area contributed by atoms with Gasteiger partial charge in [-0.25, -0.2) is 13.1 Å². The first kappa shape index (κ1) is 19.1. The summed E-state index contributed by atoms with van der Waals surface area (Å²) in [5.74, 6) is 0.342. The van der Waals surface area contributed by atoms with E-state index in [1.807, 2.05) is 31.2 Å². The Morgan fingerprint density at radius 3 is 2.70 bits per heavy atom. The summed E-state index contributed by atoms with van der Waals surface area (Å²) in [7, 11) is -3.56. The molecular weight excluding hydrogens is 364 g/mol. The Bertz CT molecular complexity index is 950. The van der Waals surface area contributed by atoms with Crippen molar-refractivity contribution in [3.8, 4) is 5.75 Å². The lowest BCUT2D eigenvalue weighted by Crippen LogP contribution is -2.25. The average molecular weight is 386 g/mol. The maximum atomic E-state index is 12.3. The van der Waals surface area contributed by atoms with Crippen LogP contribution >= 0.6 is 0 Å². The van der Waals surface area contributed by atoms with Crippen LogP contribution in [0.5, 0.6) is 5.75 Å². The summed E-state index contributed by atoms with van der Waals surface area (Å²) < 4.78 is 32.7. The Labute approximate surface area is 159 Å². The second-order valence-corrected chi connectivity index (χ2v) is 7.93. The zero-order valence-electron chi connectivity index (χ0n) is 15.0. The van der Waals surface area contributed by atoms with E-state index in [0.29, 0.717) is 18.0 Å². The SMILES string of the molecule is CCOc1ccccc1/C=C/C(=O)Nc1cccc(S(=O)(=O)NC2CC2)c1. The minimum absolute atomic E-state index is 0.0292. The maximum Gasteiger partial charge on any atom is 0.248 e. The Kier molecular flexibility index (Phi) is 5.93. The zero-order valence-corrected chi connectivity index (χ0v) is 15.8. The summed E-state index contributed by atoms with van der Waals surface area (Å²) in [6.07, 6.45) is 4.78. The molecule has 1 aliphatic carbocycles. The second-order valence-electron chi connectivity index (χ2n) is 6.22. The first-order valence-electron chi connectivity index (χ1n) is 8.81. The highest BCUT2D eigenvalue weighted by molar-refractivity contribution is 7.89. The average Bonchev–Trinajstić information content (AvgIpc) is 3.45. The van der Waals surface area contributed by atoms with Gasteiger partial charge in [-0.3, -0.25) is 4.79 Å². The molecule has 0 spiro atoms. The summed E-state index contributed by atoms with van der Waals surface area (Å²) in [6.45, 7) is 2.43. The fourth-order valence-electron chi connectivity index (χ4n) is 2.48. The third-order valence-electron chi connectivity index (χ3n) is 3.94. The van der Waals surface area contributed by atoms with Crippen LogP contribution < -0.4 is 14.8 Å². The minimum Gasteiger partial charge on any atom is -0.493 e. The molecule has 1 fully saturated rings.